The van der Waals surface area contributed by atoms with Crippen LogP contribution in [0.15, 0.2) is 0 Å². The number of hydrogen-bond acceptors (Lipinski definition) is 2. The molecule has 0 saturated heterocycles. The summed E-state index contributed by atoms with van der Waals surface area (Å²) in [7, 11) is 0. The highest BCUT2D eigenvalue weighted by Gasteiger charge is 2.41. The van der Waals surface area contributed by atoms with Gasteiger partial charge in [0.25, 0.3) is 5.78 Å². The SMILES string of the molecule is CCOC(C)C(=O)C(F)(F)F. The third-order valence-electron chi connectivity index (χ3n) is 1.07. The fourth-order valence-corrected chi connectivity index (χ4v) is 0.556. The number of alkyl halides is 3. The number of rotatable bonds is 3. The van der Waals surface area contributed by atoms with Crippen LogP contribution in [-0.4, -0.2) is 24.7 Å². The van der Waals surface area contributed by atoms with E-state index in [0.717, 1.165) is 6.92 Å². The molecule has 11 heavy (non-hydrogen) atoms. The molecule has 2 nitrogen and oxygen atoms in total. The van der Waals surface area contributed by atoms with Crippen LogP contribution >= 0.6 is 0 Å². The molecule has 0 aromatic rings. The molecular formula is C6H9F3O2. The second-order valence-electron chi connectivity index (χ2n) is 1.96. The van der Waals surface area contributed by atoms with Crippen LogP contribution in [0, 0.1) is 0 Å². The van der Waals surface area contributed by atoms with Crippen molar-refractivity contribution in [3.8, 4) is 0 Å². The Bertz CT molecular complexity index is 141. The van der Waals surface area contributed by atoms with Crippen molar-refractivity contribution in [3.05, 3.63) is 0 Å². The average Bonchev–Trinajstić information content (AvgIpc) is 1.85. The lowest BCUT2D eigenvalue weighted by Crippen LogP contribution is -2.34. The van der Waals surface area contributed by atoms with E-state index in [1.807, 2.05) is 0 Å². The molecule has 0 aromatic carbocycles. The third-order valence-corrected chi connectivity index (χ3v) is 1.07. The Kier molecular flexibility index (Phi) is 3.51. The molecule has 1 unspecified atom stereocenters. The van der Waals surface area contributed by atoms with Gasteiger partial charge in [-0.3, -0.25) is 4.79 Å². The van der Waals surface area contributed by atoms with Crippen molar-refractivity contribution in [1.82, 2.24) is 0 Å². The molecule has 66 valence electrons. The number of carbonyl (C=O) groups is 1. The molecule has 5 heteroatoms. The number of ketones is 1. The van der Waals surface area contributed by atoms with Crippen molar-refractivity contribution in [2.75, 3.05) is 6.61 Å². The first-order valence-electron chi connectivity index (χ1n) is 3.12. The van der Waals surface area contributed by atoms with Crippen molar-refractivity contribution in [2.45, 2.75) is 26.1 Å². The molecule has 0 aromatic heterocycles. The standard InChI is InChI=1S/C6H9F3O2/c1-3-11-4(2)5(10)6(7,8)9/h4H,3H2,1-2H3. The Morgan fingerprint density at radius 3 is 2.27 bits per heavy atom. The van der Waals surface area contributed by atoms with Gasteiger partial charge in [-0.2, -0.15) is 13.2 Å². The summed E-state index contributed by atoms with van der Waals surface area (Å²) >= 11 is 0. The fraction of sp³-hybridized carbons (Fsp3) is 0.833. The molecule has 0 amide bonds. The number of hydrogen-bond donors (Lipinski definition) is 0. The lowest BCUT2D eigenvalue weighted by molar-refractivity contribution is -0.181. The number of ether oxygens (including phenoxy) is 1. The van der Waals surface area contributed by atoms with Crippen LogP contribution in [0.4, 0.5) is 13.2 Å². The average molecular weight is 170 g/mol. The van der Waals surface area contributed by atoms with Crippen molar-refractivity contribution in [2.24, 2.45) is 0 Å². The van der Waals surface area contributed by atoms with Crippen molar-refractivity contribution < 1.29 is 22.7 Å². The molecule has 0 spiro atoms. The molecule has 0 saturated carbocycles. The van der Waals surface area contributed by atoms with Gasteiger partial charge in [0.05, 0.1) is 0 Å². The maximum atomic E-state index is 11.6. The normalized spacial score (nSPS) is 14.6. The minimum absolute atomic E-state index is 0.100. The first-order valence-corrected chi connectivity index (χ1v) is 3.12. The van der Waals surface area contributed by atoms with Gasteiger partial charge in [-0.05, 0) is 13.8 Å². The Labute approximate surface area is 62.3 Å². The summed E-state index contributed by atoms with van der Waals surface area (Å²) in [6.45, 7) is 2.71. The van der Waals surface area contributed by atoms with Gasteiger partial charge in [-0.25, -0.2) is 0 Å². The summed E-state index contributed by atoms with van der Waals surface area (Å²) in [4.78, 5) is 10.3. The van der Waals surface area contributed by atoms with Gasteiger partial charge in [0.2, 0.25) is 0 Å². The first-order chi connectivity index (χ1) is 4.89. The summed E-state index contributed by atoms with van der Waals surface area (Å²) in [6.07, 6.45) is -6.17. The van der Waals surface area contributed by atoms with Crippen LogP contribution in [0.5, 0.6) is 0 Å². The molecule has 0 rings (SSSR count). The largest absolute Gasteiger partial charge is 0.452 e. The van der Waals surface area contributed by atoms with E-state index >= 15 is 0 Å². The number of Topliss-reactive ketones (excluding diaryl/α,β-unsaturated/α-hetero) is 1. The maximum absolute atomic E-state index is 11.6. The quantitative estimate of drug-likeness (QED) is 0.642. The van der Waals surface area contributed by atoms with E-state index in [0.29, 0.717) is 0 Å². The topological polar surface area (TPSA) is 26.3 Å². The first kappa shape index (κ1) is 10.4. The molecule has 0 heterocycles. The van der Waals surface area contributed by atoms with Gasteiger partial charge < -0.3 is 4.74 Å². The van der Waals surface area contributed by atoms with E-state index in [1.54, 1.807) is 0 Å². The highest BCUT2D eigenvalue weighted by atomic mass is 19.4. The van der Waals surface area contributed by atoms with Crippen LogP contribution in [0.3, 0.4) is 0 Å². The predicted octanol–water partition coefficient (Wildman–Crippen LogP) is 1.54. The minimum atomic E-state index is -4.78. The summed E-state index contributed by atoms with van der Waals surface area (Å²) < 4.78 is 39.2. The Balaban J connectivity index is 4.03. The van der Waals surface area contributed by atoms with Crippen LogP contribution in [0.25, 0.3) is 0 Å². The number of carbonyl (C=O) groups excluding carboxylic acids is 1. The Hall–Kier alpha value is -0.580. The van der Waals surface area contributed by atoms with Gasteiger partial charge in [-0.15, -0.1) is 0 Å². The smallest absolute Gasteiger partial charge is 0.371 e. The van der Waals surface area contributed by atoms with Gasteiger partial charge in [0, 0.05) is 6.61 Å². The van der Waals surface area contributed by atoms with E-state index in [4.69, 9.17) is 0 Å². The summed E-state index contributed by atoms with van der Waals surface area (Å²) in [6, 6.07) is 0. The lowest BCUT2D eigenvalue weighted by atomic mass is 10.2. The zero-order valence-corrected chi connectivity index (χ0v) is 6.23. The van der Waals surface area contributed by atoms with E-state index in [1.165, 1.54) is 6.92 Å². The van der Waals surface area contributed by atoms with Gasteiger partial charge >= 0.3 is 6.18 Å². The monoisotopic (exact) mass is 170 g/mol. The highest BCUT2D eigenvalue weighted by Crippen LogP contribution is 2.18. The third kappa shape index (κ3) is 3.36. The molecular weight excluding hydrogens is 161 g/mol. The molecule has 0 aliphatic rings. The fourth-order valence-electron chi connectivity index (χ4n) is 0.556. The second-order valence-corrected chi connectivity index (χ2v) is 1.96. The summed E-state index contributed by atoms with van der Waals surface area (Å²) in [5, 5.41) is 0. The lowest BCUT2D eigenvalue weighted by Gasteiger charge is -2.11. The van der Waals surface area contributed by atoms with E-state index in [-0.39, 0.29) is 6.61 Å². The van der Waals surface area contributed by atoms with Crippen molar-refractivity contribution in [1.29, 1.82) is 0 Å². The zero-order chi connectivity index (χ0) is 9.07. The van der Waals surface area contributed by atoms with Crippen LogP contribution < -0.4 is 0 Å². The molecule has 1 atom stereocenters. The Morgan fingerprint density at radius 1 is 1.55 bits per heavy atom. The molecule has 0 bridgehead atoms. The van der Waals surface area contributed by atoms with Crippen molar-refractivity contribution >= 4 is 5.78 Å². The molecule has 0 radical (unpaired) electrons. The predicted molar refractivity (Wildman–Crippen MR) is 32.1 cm³/mol. The van der Waals surface area contributed by atoms with Crippen molar-refractivity contribution in [3.63, 3.8) is 0 Å². The van der Waals surface area contributed by atoms with Crippen LogP contribution in [-0.2, 0) is 9.53 Å². The van der Waals surface area contributed by atoms with Gasteiger partial charge in [0.1, 0.15) is 6.10 Å². The molecule has 0 aliphatic heterocycles. The molecule has 0 N–H and O–H groups in total. The van der Waals surface area contributed by atoms with Gasteiger partial charge in [-0.1, -0.05) is 0 Å². The summed E-state index contributed by atoms with van der Waals surface area (Å²) in [5.41, 5.74) is 0. The maximum Gasteiger partial charge on any atom is 0.452 e. The van der Waals surface area contributed by atoms with E-state index in [2.05, 4.69) is 4.74 Å². The number of halogens is 3. The van der Waals surface area contributed by atoms with Crippen LogP contribution in [0.1, 0.15) is 13.8 Å². The molecule has 0 fully saturated rings. The molecule has 0 aliphatic carbocycles. The zero-order valence-electron chi connectivity index (χ0n) is 6.23. The Morgan fingerprint density at radius 2 is 2.00 bits per heavy atom. The van der Waals surface area contributed by atoms with E-state index < -0.39 is 18.1 Å². The van der Waals surface area contributed by atoms with Crippen LogP contribution in [0.2, 0.25) is 0 Å². The minimum Gasteiger partial charge on any atom is -0.371 e. The second kappa shape index (κ2) is 3.71. The summed E-state index contributed by atoms with van der Waals surface area (Å²) in [5.74, 6) is -1.83. The highest BCUT2D eigenvalue weighted by molar-refractivity contribution is 5.87. The van der Waals surface area contributed by atoms with Gasteiger partial charge in [0.15, 0.2) is 0 Å². The van der Waals surface area contributed by atoms with E-state index in [9.17, 15) is 18.0 Å².